The molecular weight excluding hydrogens is 416 g/mol. The Hall–Kier alpha value is -2.58. The molecule has 0 spiro atoms. The molecule has 1 amide bonds. The second kappa shape index (κ2) is 9.70. The Morgan fingerprint density at radius 1 is 0.935 bits per heavy atom. The number of amides is 1. The van der Waals surface area contributed by atoms with Gasteiger partial charge in [-0.3, -0.25) is 4.79 Å². The molecule has 0 radical (unpaired) electrons. The monoisotopic (exact) mass is 446 g/mol. The van der Waals surface area contributed by atoms with E-state index < -0.39 is 16.1 Å². The lowest BCUT2D eigenvalue weighted by Crippen LogP contribution is -2.53. The third kappa shape index (κ3) is 5.19. The molecule has 1 atom stereocenters. The molecular formula is C23H30N2O5S. The molecule has 1 aliphatic heterocycles. The van der Waals surface area contributed by atoms with Gasteiger partial charge in [0.25, 0.3) is 5.91 Å². The number of carbonyl (C=O) groups excluding carboxylic acids is 1. The third-order valence-corrected chi connectivity index (χ3v) is 7.35. The molecule has 2 aromatic rings. The van der Waals surface area contributed by atoms with Crippen molar-refractivity contribution in [2.75, 3.05) is 33.3 Å². The summed E-state index contributed by atoms with van der Waals surface area (Å²) in [6.07, 6.45) is -0.648. The number of hydrogen-bond acceptors (Lipinski definition) is 5. The second-order valence-electron chi connectivity index (χ2n) is 7.86. The highest BCUT2D eigenvalue weighted by molar-refractivity contribution is 7.89. The number of sulfonamides is 1. The van der Waals surface area contributed by atoms with Crippen molar-refractivity contribution in [3.05, 3.63) is 54.1 Å². The average Bonchev–Trinajstić information content (AvgIpc) is 2.78. The van der Waals surface area contributed by atoms with Gasteiger partial charge in [-0.15, -0.1) is 0 Å². The number of benzene rings is 2. The van der Waals surface area contributed by atoms with Crippen LogP contribution in [0.15, 0.2) is 53.4 Å². The zero-order valence-electron chi connectivity index (χ0n) is 18.4. The van der Waals surface area contributed by atoms with Crippen LogP contribution in [-0.4, -0.2) is 62.9 Å². The van der Waals surface area contributed by atoms with Crippen molar-refractivity contribution in [3.8, 4) is 11.5 Å². The maximum absolute atomic E-state index is 12.9. The molecule has 8 heteroatoms. The van der Waals surface area contributed by atoms with Gasteiger partial charge in [0.05, 0.1) is 12.0 Å². The largest absolute Gasteiger partial charge is 0.497 e. The van der Waals surface area contributed by atoms with Crippen LogP contribution < -0.4 is 9.47 Å². The van der Waals surface area contributed by atoms with Crippen molar-refractivity contribution in [1.29, 1.82) is 0 Å². The fourth-order valence-electron chi connectivity index (χ4n) is 3.61. The highest BCUT2D eigenvalue weighted by Gasteiger charge is 2.32. The van der Waals surface area contributed by atoms with Gasteiger partial charge in [0.1, 0.15) is 11.5 Å². The van der Waals surface area contributed by atoms with E-state index in [1.165, 1.54) is 23.5 Å². The lowest BCUT2D eigenvalue weighted by Gasteiger charge is -2.35. The summed E-state index contributed by atoms with van der Waals surface area (Å²) in [5.41, 5.74) is 1.05. The Balaban J connectivity index is 1.61. The van der Waals surface area contributed by atoms with Crippen LogP contribution in [0, 0.1) is 0 Å². The summed E-state index contributed by atoms with van der Waals surface area (Å²) < 4.78 is 38.3. The summed E-state index contributed by atoms with van der Waals surface area (Å²) in [5.74, 6) is 1.45. The van der Waals surface area contributed by atoms with E-state index in [4.69, 9.17) is 9.47 Å². The summed E-state index contributed by atoms with van der Waals surface area (Å²) >= 11 is 0. The molecule has 0 aromatic heterocycles. The van der Waals surface area contributed by atoms with Crippen molar-refractivity contribution < 1.29 is 22.7 Å². The first-order valence-electron chi connectivity index (χ1n) is 10.4. The van der Waals surface area contributed by atoms with Gasteiger partial charge in [-0.25, -0.2) is 8.42 Å². The molecule has 1 unspecified atom stereocenters. The summed E-state index contributed by atoms with van der Waals surface area (Å²) in [7, 11) is -2.08. The molecule has 1 heterocycles. The topological polar surface area (TPSA) is 76.2 Å². The van der Waals surface area contributed by atoms with Gasteiger partial charge in [-0.05, 0) is 48.7 Å². The molecule has 7 nitrogen and oxygen atoms in total. The van der Waals surface area contributed by atoms with Gasteiger partial charge in [0.2, 0.25) is 10.0 Å². The molecule has 0 N–H and O–H groups in total. The lowest BCUT2D eigenvalue weighted by atomic mass is 10.0. The summed E-state index contributed by atoms with van der Waals surface area (Å²) in [4.78, 5) is 14.8. The molecule has 31 heavy (non-hydrogen) atoms. The molecule has 0 bridgehead atoms. The quantitative estimate of drug-likeness (QED) is 0.653. The normalized spacial score (nSPS) is 16.2. The molecule has 1 fully saturated rings. The Kier molecular flexibility index (Phi) is 7.23. The van der Waals surface area contributed by atoms with E-state index >= 15 is 0 Å². The van der Waals surface area contributed by atoms with Crippen LogP contribution in [0.25, 0.3) is 0 Å². The number of methoxy groups -OCH3 is 1. The first-order chi connectivity index (χ1) is 14.7. The van der Waals surface area contributed by atoms with Crippen LogP contribution >= 0.6 is 0 Å². The molecule has 1 saturated heterocycles. The van der Waals surface area contributed by atoms with E-state index in [2.05, 4.69) is 13.8 Å². The minimum absolute atomic E-state index is 0.139. The zero-order chi connectivity index (χ0) is 22.6. The summed E-state index contributed by atoms with van der Waals surface area (Å²) in [5, 5.41) is 0. The molecule has 0 aliphatic carbocycles. The second-order valence-corrected chi connectivity index (χ2v) is 9.80. The Bertz CT molecular complexity index is 997. The van der Waals surface area contributed by atoms with E-state index in [-0.39, 0.29) is 29.8 Å². The van der Waals surface area contributed by atoms with Crippen LogP contribution in [0.3, 0.4) is 0 Å². The summed E-state index contributed by atoms with van der Waals surface area (Å²) in [6.45, 7) is 7.04. The molecule has 0 saturated carbocycles. The van der Waals surface area contributed by atoms with Crippen LogP contribution in [0.1, 0.15) is 32.3 Å². The molecule has 3 rings (SSSR count). The Labute approximate surface area is 184 Å². The van der Waals surface area contributed by atoms with Crippen LogP contribution in [0.5, 0.6) is 11.5 Å². The number of rotatable bonds is 7. The molecule has 1 aliphatic rings. The highest BCUT2D eigenvalue weighted by atomic mass is 32.2. The minimum Gasteiger partial charge on any atom is -0.497 e. The van der Waals surface area contributed by atoms with Gasteiger partial charge in [0.15, 0.2) is 6.10 Å². The number of carbonyl (C=O) groups is 1. The number of hydrogen-bond donors (Lipinski definition) is 0. The van der Waals surface area contributed by atoms with Gasteiger partial charge >= 0.3 is 0 Å². The maximum atomic E-state index is 12.9. The molecule has 2 aromatic carbocycles. The fraction of sp³-hybridized carbons (Fsp3) is 0.435. The van der Waals surface area contributed by atoms with Crippen molar-refractivity contribution in [1.82, 2.24) is 9.21 Å². The number of piperazine rings is 1. The van der Waals surface area contributed by atoms with Crippen molar-refractivity contribution in [2.24, 2.45) is 0 Å². The number of para-hydroxylation sites is 1. The van der Waals surface area contributed by atoms with Gasteiger partial charge in [-0.2, -0.15) is 4.31 Å². The standard InChI is InChI=1S/C23H30N2O5S/c1-17(2)21-7-5-6-8-22(21)30-18(3)23(26)24-13-15-25(16-14-24)31(27,28)20-11-9-19(29-4)10-12-20/h5-12,17-18H,13-16H2,1-4H3. The van der Waals surface area contributed by atoms with E-state index in [9.17, 15) is 13.2 Å². The minimum atomic E-state index is -3.61. The smallest absolute Gasteiger partial charge is 0.263 e. The van der Waals surface area contributed by atoms with Crippen LogP contribution in [0.2, 0.25) is 0 Å². The third-order valence-electron chi connectivity index (χ3n) is 5.44. The lowest BCUT2D eigenvalue weighted by molar-refractivity contribution is -0.139. The average molecular weight is 447 g/mol. The Morgan fingerprint density at radius 3 is 2.13 bits per heavy atom. The predicted octanol–water partition coefficient (Wildman–Crippen LogP) is 3.12. The van der Waals surface area contributed by atoms with E-state index in [0.717, 1.165) is 5.56 Å². The number of ether oxygens (including phenoxy) is 2. The van der Waals surface area contributed by atoms with Gasteiger partial charge in [-0.1, -0.05) is 32.0 Å². The maximum Gasteiger partial charge on any atom is 0.263 e. The van der Waals surface area contributed by atoms with E-state index in [1.807, 2.05) is 24.3 Å². The zero-order valence-corrected chi connectivity index (χ0v) is 19.3. The summed E-state index contributed by atoms with van der Waals surface area (Å²) in [6, 6.07) is 14.0. The Morgan fingerprint density at radius 2 is 1.55 bits per heavy atom. The molecule has 168 valence electrons. The van der Waals surface area contributed by atoms with Gasteiger partial charge < -0.3 is 14.4 Å². The van der Waals surface area contributed by atoms with E-state index in [1.54, 1.807) is 24.0 Å². The SMILES string of the molecule is COc1ccc(S(=O)(=O)N2CCN(C(=O)C(C)Oc3ccccc3C(C)C)CC2)cc1. The van der Waals surface area contributed by atoms with Crippen LogP contribution in [-0.2, 0) is 14.8 Å². The van der Waals surface area contributed by atoms with Crippen LogP contribution in [0.4, 0.5) is 0 Å². The van der Waals surface area contributed by atoms with Crippen molar-refractivity contribution in [2.45, 2.75) is 37.7 Å². The van der Waals surface area contributed by atoms with Crippen molar-refractivity contribution in [3.63, 3.8) is 0 Å². The first-order valence-corrected chi connectivity index (χ1v) is 11.9. The number of nitrogens with zero attached hydrogens (tertiary/aromatic N) is 2. The van der Waals surface area contributed by atoms with Crippen molar-refractivity contribution >= 4 is 15.9 Å². The first kappa shape index (κ1) is 23.1. The van der Waals surface area contributed by atoms with E-state index in [0.29, 0.717) is 24.6 Å². The predicted molar refractivity (Wildman–Crippen MR) is 119 cm³/mol. The fourth-order valence-corrected chi connectivity index (χ4v) is 5.03. The van der Waals surface area contributed by atoms with Gasteiger partial charge in [0, 0.05) is 26.2 Å². The highest BCUT2D eigenvalue weighted by Crippen LogP contribution is 2.27.